The van der Waals surface area contributed by atoms with Crippen LogP contribution in [0, 0.1) is 0 Å². The Morgan fingerprint density at radius 2 is 1.36 bits per heavy atom. The van der Waals surface area contributed by atoms with E-state index in [2.05, 4.69) is 0 Å². The number of ether oxygens (including phenoxy) is 4. The molecule has 0 aliphatic carbocycles. The topological polar surface area (TPSA) is 83.2 Å². The first kappa shape index (κ1) is 23.3. The van der Waals surface area contributed by atoms with Gasteiger partial charge < -0.3 is 29.8 Å². The Balaban J connectivity index is 1.81. The molecule has 6 heteroatoms. The van der Waals surface area contributed by atoms with Gasteiger partial charge in [-0.1, -0.05) is 54.6 Å². The van der Waals surface area contributed by atoms with E-state index in [4.69, 9.17) is 24.7 Å². The molecule has 1 aliphatic rings. The molecule has 0 saturated carbocycles. The molecule has 0 spiro atoms. The Morgan fingerprint density at radius 1 is 0.848 bits per heavy atom. The lowest BCUT2D eigenvalue weighted by Gasteiger charge is -2.39. The molecule has 1 aliphatic heterocycles. The molecule has 0 amide bonds. The molecule has 0 radical (unpaired) electrons. The summed E-state index contributed by atoms with van der Waals surface area (Å²) in [4.78, 5) is 0. The minimum absolute atomic E-state index is 0.168. The Labute approximate surface area is 194 Å². The van der Waals surface area contributed by atoms with Crippen LogP contribution in [0.25, 0.3) is 0 Å². The van der Waals surface area contributed by atoms with Crippen molar-refractivity contribution in [2.45, 2.75) is 30.3 Å². The van der Waals surface area contributed by atoms with Gasteiger partial charge in [0.15, 0.2) is 0 Å². The predicted octanol–water partition coefficient (Wildman–Crippen LogP) is 3.49. The molecule has 3 atom stereocenters. The van der Waals surface area contributed by atoms with Crippen LogP contribution in [0.15, 0.2) is 78.9 Å². The third-order valence-corrected chi connectivity index (χ3v) is 6.14. The smallest absolute Gasteiger partial charge is 0.143 e. The fourth-order valence-electron chi connectivity index (χ4n) is 4.33. The maximum Gasteiger partial charge on any atom is 0.143 e. The first-order chi connectivity index (χ1) is 16.1. The second kappa shape index (κ2) is 10.4. The highest BCUT2D eigenvalue weighted by Gasteiger charge is 2.40. The number of hydrogen-bond donors (Lipinski definition) is 2. The van der Waals surface area contributed by atoms with Gasteiger partial charge in [-0.3, -0.25) is 0 Å². The standard InChI is InChI=1S/C27H31NO5/c1-30-23-12-8-20(9-13-23)27(19-6-4-3-5-7-19,21-10-14-24(31-2)15-11-21)33-18-26-25(29)16-22(28)17-32-26/h3-15,22,25-26,29H,16-18,28H2,1-2H3/t22-,25+,26+/m0/s1. The summed E-state index contributed by atoms with van der Waals surface area (Å²) in [5.41, 5.74) is 7.83. The quantitative estimate of drug-likeness (QED) is 0.513. The summed E-state index contributed by atoms with van der Waals surface area (Å²) in [5, 5.41) is 10.6. The molecule has 3 N–H and O–H groups in total. The second-order valence-electron chi connectivity index (χ2n) is 8.25. The van der Waals surface area contributed by atoms with Crippen molar-refractivity contribution in [2.75, 3.05) is 27.4 Å². The molecule has 6 nitrogen and oxygen atoms in total. The van der Waals surface area contributed by atoms with Gasteiger partial charge in [-0.2, -0.15) is 0 Å². The van der Waals surface area contributed by atoms with Crippen molar-refractivity contribution in [2.24, 2.45) is 5.73 Å². The van der Waals surface area contributed by atoms with Gasteiger partial charge in [0.1, 0.15) is 23.2 Å². The summed E-state index contributed by atoms with van der Waals surface area (Å²) in [6, 6.07) is 25.6. The van der Waals surface area contributed by atoms with Crippen molar-refractivity contribution < 1.29 is 24.1 Å². The van der Waals surface area contributed by atoms with Crippen LogP contribution in [-0.2, 0) is 15.1 Å². The van der Waals surface area contributed by atoms with Crippen LogP contribution in [0.1, 0.15) is 23.1 Å². The fraction of sp³-hybridized carbons (Fsp3) is 0.333. The van der Waals surface area contributed by atoms with E-state index < -0.39 is 17.8 Å². The average molecular weight is 450 g/mol. The van der Waals surface area contributed by atoms with Crippen LogP contribution in [-0.4, -0.2) is 50.8 Å². The summed E-state index contributed by atoms with van der Waals surface area (Å²) < 4.78 is 23.4. The molecule has 0 aromatic heterocycles. The monoisotopic (exact) mass is 449 g/mol. The van der Waals surface area contributed by atoms with Crippen molar-refractivity contribution in [1.82, 2.24) is 0 Å². The van der Waals surface area contributed by atoms with Gasteiger partial charge in [-0.25, -0.2) is 0 Å². The number of nitrogens with two attached hydrogens (primary N) is 1. The normalized spacial score (nSPS) is 20.9. The minimum Gasteiger partial charge on any atom is -0.497 e. The lowest BCUT2D eigenvalue weighted by molar-refractivity contribution is -0.133. The molecular weight excluding hydrogens is 418 g/mol. The van der Waals surface area contributed by atoms with Gasteiger partial charge >= 0.3 is 0 Å². The van der Waals surface area contributed by atoms with Crippen LogP contribution in [0.5, 0.6) is 11.5 Å². The summed E-state index contributed by atoms with van der Waals surface area (Å²) in [5.74, 6) is 1.52. The van der Waals surface area contributed by atoms with Crippen molar-refractivity contribution in [3.63, 3.8) is 0 Å². The second-order valence-corrected chi connectivity index (χ2v) is 8.25. The van der Waals surface area contributed by atoms with Crippen LogP contribution in [0.4, 0.5) is 0 Å². The van der Waals surface area contributed by atoms with Crippen molar-refractivity contribution >= 4 is 0 Å². The maximum atomic E-state index is 10.6. The van der Waals surface area contributed by atoms with Gasteiger partial charge in [-0.15, -0.1) is 0 Å². The highest BCUT2D eigenvalue weighted by molar-refractivity contribution is 5.49. The number of hydrogen-bond acceptors (Lipinski definition) is 6. The molecule has 4 rings (SSSR count). The first-order valence-corrected chi connectivity index (χ1v) is 11.1. The zero-order valence-corrected chi connectivity index (χ0v) is 19.0. The van der Waals surface area contributed by atoms with E-state index >= 15 is 0 Å². The molecule has 1 fully saturated rings. The van der Waals surface area contributed by atoms with Crippen LogP contribution in [0.2, 0.25) is 0 Å². The van der Waals surface area contributed by atoms with Crippen LogP contribution < -0.4 is 15.2 Å². The summed E-state index contributed by atoms with van der Waals surface area (Å²) in [6.07, 6.45) is -0.671. The molecule has 0 unspecified atom stereocenters. The zero-order valence-electron chi connectivity index (χ0n) is 19.0. The third-order valence-electron chi connectivity index (χ3n) is 6.14. The van der Waals surface area contributed by atoms with Gasteiger partial charge in [0.2, 0.25) is 0 Å². The summed E-state index contributed by atoms with van der Waals surface area (Å²) >= 11 is 0. The van der Waals surface area contributed by atoms with Crippen molar-refractivity contribution in [3.8, 4) is 11.5 Å². The Hall–Kier alpha value is -2.90. The molecule has 33 heavy (non-hydrogen) atoms. The number of rotatable bonds is 8. The highest BCUT2D eigenvalue weighted by atomic mass is 16.6. The number of aliphatic hydroxyl groups is 1. The highest BCUT2D eigenvalue weighted by Crippen LogP contribution is 2.42. The van der Waals surface area contributed by atoms with E-state index in [9.17, 15) is 5.11 Å². The average Bonchev–Trinajstić information content (AvgIpc) is 2.87. The van der Waals surface area contributed by atoms with E-state index in [1.165, 1.54) is 0 Å². The van der Waals surface area contributed by atoms with Crippen LogP contribution in [0.3, 0.4) is 0 Å². The van der Waals surface area contributed by atoms with E-state index in [1.807, 2.05) is 78.9 Å². The first-order valence-electron chi connectivity index (χ1n) is 11.1. The molecule has 3 aromatic carbocycles. The van der Waals surface area contributed by atoms with E-state index in [0.717, 1.165) is 28.2 Å². The number of benzene rings is 3. The molecule has 0 bridgehead atoms. The van der Waals surface area contributed by atoms with Crippen molar-refractivity contribution in [3.05, 3.63) is 95.6 Å². The van der Waals surface area contributed by atoms with Gasteiger partial charge in [0.05, 0.1) is 33.5 Å². The molecule has 174 valence electrons. The van der Waals surface area contributed by atoms with Crippen molar-refractivity contribution in [1.29, 1.82) is 0 Å². The molecule has 3 aromatic rings. The maximum absolute atomic E-state index is 10.6. The lowest BCUT2D eigenvalue weighted by Crippen LogP contribution is -2.48. The summed E-state index contributed by atoms with van der Waals surface area (Å²) in [7, 11) is 3.29. The Morgan fingerprint density at radius 3 is 1.85 bits per heavy atom. The van der Waals surface area contributed by atoms with E-state index in [1.54, 1.807) is 14.2 Å². The van der Waals surface area contributed by atoms with Gasteiger partial charge in [0.25, 0.3) is 0 Å². The van der Waals surface area contributed by atoms with E-state index in [-0.39, 0.29) is 12.6 Å². The third kappa shape index (κ3) is 4.89. The van der Waals surface area contributed by atoms with Gasteiger partial charge in [0, 0.05) is 6.04 Å². The summed E-state index contributed by atoms with van der Waals surface area (Å²) in [6.45, 7) is 0.593. The predicted molar refractivity (Wildman–Crippen MR) is 127 cm³/mol. The van der Waals surface area contributed by atoms with E-state index in [0.29, 0.717) is 13.0 Å². The lowest BCUT2D eigenvalue weighted by atomic mass is 9.80. The molecule has 1 heterocycles. The largest absolute Gasteiger partial charge is 0.497 e. The molecule has 1 saturated heterocycles. The Kier molecular flexibility index (Phi) is 7.30. The number of methoxy groups -OCH3 is 2. The minimum atomic E-state index is -0.942. The Bertz CT molecular complexity index is 959. The number of aliphatic hydroxyl groups excluding tert-OH is 1. The zero-order chi connectivity index (χ0) is 23.3. The van der Waals surface area contributed by atoms with Gasteiger partial charge in [-0.05, 0) is 47.4 Å². The molecular formula is C27H31NO5. The fourth-order valence-corrected chi connectivity index (χ4v) is 4.33. The van der Waals surface area contributed by atoms with Crippen LogP contribution >= 0.6 is 0 Å². The SMILES string of the molecule is COc1ccc(C(OC[C@H]2OC[C@@H](N)C[C@H]2O)(c2ccccc2)c2ccc(OC)cc2)cc1.